The van der Waals surface area contributed by atoms with Gasteiger partial charge in [0.1, 0.15) is 11.3 Å². The molecule has 2 aromatic heterocycles. The second-order valence-electron chi connectivity index (χ2n) is 9.00. The highest BCUT2D eigenvalue weighted by Crippen LogP contribution is 2.48. The van der Waals surface area contributed by atoms with Crippen molar-refractivity contribution >= 4 is 23.0 Å². The Balaban J connectivity index is 1.21. The van der Waals surface area contributed by atoms with Gasteiger partial charge in [-0.3, -0.25) is 9.78 Å². The molecule has 6 rings (SSSR count). The van der Waals surface area contributed by atoms with Crippen LogP contribution in [-0.4, -0.2) is 60.8 Å². The van der Waals surface area contributed by atoms with Crippen molar-refractivity contribution in [3.8, 4) is 0 Å². The van der Waals surface area contributed by atoms with E-state index in [0.717, 1.165) is 11.1 Å². The van der Waals surface area contributed by atoms with Crippen LogP contribution in [0.3, 0.4) is 0 Å². The highest BCUT2D eigenvalue weighted by atomic mass is 19.1. The molecule has 0 spiro atoms. The van der Waals surface area contributed by atoms with Gasteiger partial charge in [-0.2, -0.15) is 4.68 Å². The van der Waals surface area contributed by atoms with E-state index in [0.29, 0.717) is 37.0 Å². The first-order valence-corrected chi connectivity index (χ1v) is 11.7. The summed E-state index contributed by atoms with van der Waals surface area (Å²) in [4.78, 5) is 34.5. The first kappa shape index (κ1) is 21.4. The zero-order chi connectivity index (χ0) is 23.9. The Morgan fingerprint density at radius 2 is 1.71 bits per heavy atom. The van der Waals surface area contributed by atoms with E-state index >= 15 is 0 Å². The Labute approximate surface area is 201 Å². The molecule has 9 heteroatoms. The van der Waals surface area contributed by atoms with Gasteiger partial charge < -0.3 is 9.80 Å². The number of piperidine rings is 1. The van der Waals surface area contributed by atoms with Crippen molar-refractivity contribution in [2.24, 2.45) is 0 Å². The van der Waals surface area contributed by atoms with E-state index < -0.39 is 0 Å². The molecule has 2 aliphatic heterocycles. The maximum Gasteiger partial charge on any atom is 0.346 e. The van der Waals surface area contributed by atoms with Crippen LogP contribution in [0.4, 0.5) is 9.18 Å². The largest absolute Gasteiger partial charge is 0.346 e. The minimum Gasteiger partial charge on any atom is -0.331 e. The molecule has 0 saturated carbocycles. The summed E-state index contributed by atoms with van der Waals surface area (Å²) in [6.07, 6.45) is 4.82. The SMILES string of the molecule is O=C1[C@H](c2ccc(F)cc2)[C@@H](c2cccnc2)N1C1CCN(C(=O)n2nnc3ccccc32)CC1. The first-order chi connectivity index (χ1) is 17.1. The smallest absolute Gasteiger partial charge is 0.331 e. The van der Waals surface area contributed by atoms with Crippen molar-refractivity contribution < 1.29 is 14.0 Å². The lowest BCUT2D eigenvalue weighted by Gasteiger charge is -2.53. The van der Waals surface area contributed by atoms with Crippen LogP contribution in [0, 0.1) is 5.82 Å². The maximum atomic E-state index is 13.5. The molecule has 0 radical (unpaired) electrons. The van der Waals surface area contributed by atoms with Crippen molar-refractivity contribution in [1.82, 2.24) is 29.8 Å². The van der Waals surface area contributed by atoms with Gasteiger partial charge in [-0.1, -0.05) is 35.5 Å². The number of rotatable bonds is 3. The van der Waals surface area contributed by atoms with Crippen molar-refractivity contribution in [2.45, 2.75) is 30.8 Å². The number of hydrogen-bond acceptors (Lipinski definition) is 5. The van der Waals surface area contributed by atoms with Crippen molar-refractivity contribution in [2.75, 3.05) is 13.1 Å². The van der Waals surface area contributed by atoms with Gasteiger partial charge in [0.15, 0.2) is 0 Å². The molecular weight excluding hydrogens is 447 g/mol. The number of amides is 2. The van der Waals surface area contributed by atoms with Gasteiger partial charge in [-0.05, 0) is 54.3 Å². The number of likely N-dealkylation sites (tertiary alicyclic amines) is 2. The lowest BCUT2D eigenvalue weighted by atomic mass is 9.76. The zero-order valence-corrected chi connectivity index (χ0v) is 18.9. The zero-order valence-electron chi connectivity index (χ0n) is 18.9. The Morgan fingerprint density at radius 3 is 2.46 bits per heavy atom. The number of pyridine rings is 1. The van der Waals surface area contributed by atoms with Gasteiger partial charge in [-0.15, -0.1) is 5.10 Å². The lowest BCUT2D eigenvalue weighted by Crippen LogP contribution is -2.60. The monoisotopic (exact) mass is 470 g/mol. The summed E-state index contributed by atoms with van der Waals surface area (Å²) in [5, 5.41) is 8.12. The third-order valence-electron chi connectivity index (χ3n) is 7.05. The van der Waals surface area contributed by atoms with Crippen LogP contribution in [0.25, 0.3) is 11.0 Å². The average molecular weight is 471 g/mol. The van der Waals surface area contributed by atoms with E-state index in [4.69, 9.17) is 0 Å². The molecule has 8 nitrogen and oxygen atoms in total. The molecule has 2 aliphatic rings. The number of para-hydroxylation sites is 1. The van der Waals surface area contributed by atoms with E-state index in [-0.39, 0.29) is 35.8 Å². The first-order valence-electron chi connectivity index (χ1n) is 11.7. The minimum absolute atomic E-state index is 0.000875. The highest BCUT2D eigenvalue weighted by molar-refractivity contribution is 5.92. The van der Waals surface area contributed by atoms with E-state index in [1.54, 1.807) is 29.4 Å². The van der Waals surface area contributed by atoms with E-state index in [2.05, 4.69) is 15.3 Å². The second kappa shape index (κ2) is 8.57. The highest BCUT2D eigenvalue weighted by Gasteiger charge is 2.52. The van der Waals surface area contributed by atoms with E-state index in [1.807, 2.05) is 41.3 Å². The van der Waals surface area contributed by atoms with Gasteiger partial charge in [-0.25, -0.2) is 9.18 Å². The van der Waals surface area contributed by atoms with Gasteiger partial charge in [0.05, 0.1) is 17.5 Å². The number of β-lactam (4-membered cyclic amide) rings is 1. The molecule has 4 aromatic rings. The Hall–Kier alpha value is -4.14. The third-order valence-corrected chi connectivity index (χ3v) is 7.05. The molecule has 2 saturated heterocycles. The van der Waals surface area contributed by atoms with Crippen molar-refractivity contribution in [3.63, 3.8) is 0 Å². The summed E-state index contributed by atoms with van der Waals surface area (Å²) in [6.45, 7) is 1.03. The molecule has 0 bridgehead atoms. The Bertz CT molecular complexity index is 1380. The Kier molecular flexibility index (Phi) is 5.24. The fraction of sp³-hybridized carbons (Fsp3) is 0.269. The standard InChI is InChI=1S/C26H23FN6O2/c27-19-9-7-17(8-10-19)23-24(18-4-3-13-28-16-18)32(25(23)34)20-11-14-31(15-12-20)26(35)33-22-6-2-1-5-21(22)29-30-33/h1-10,13,16,20,23-24H,11-12,14-15H2/t23-,24-/m1/s1. The number of carbonyl (C=O) groups is 2. The van der Waals surface area contributed by atoms with Gasteiger partial charge >= 0.3 is 6.03 Å². The number of halogens is 1. The fourth-order valence-electron chi connectivity index (χ4n) is 5.30. The van der Waals surface area contributed by atoms with Crippen LogP contribution in [0.2, 0.25) is 0 Å². The second-order valence-corrected chi connectivity index (χ2v) is 9.00. The summed E-state index contributed by atoms with van der Waals surface area (Å²) >= 11 is 0. The van der Waals surface area contributed by atoms with E-state index in [9.17, 15) is 14.0 Å². The predicted molar refractivity (Wildman–Crippen MR) is 126 cm³/mol. The van der Waals surface area contributed by atoms with Crippen LogP contribution in [-0.2, 0) is 4.79 Å². The Morgan fingerprint density at radius 1 is 0.943 bits per heavy atom. The summed E-state index contributed by atoms with van der Waals surface area (Å²) in [7, 11) is 0. The van der Waals surface area contributed by atoms with Crippen molar-refractivity contribution in [1.29, 1.82) is 0 Å². The minimum atomic E-state index is -0.374. The number of fused-ring (bicyclic) bond motifs is 1. The van der Waals surface area contributed by atoms with Crippen molar-refractivity contribution in [3.05, 3.63) is 90.0 Å². The molecule has 35 heavy (non-hydrogen) atoms. The predicted octanol–water partition coefficient (Wildman–Crippen LogP) is 3.77. The van der Waals surface area contributed by atoms with Crippen LogP contribution < -0.4 is 0 Å². The number of hydrogen-bond donors (Lipinski definition) is 0. The quantitative estimate of drug-likeness (QED) is 0.426. The number of benzene rings is 2. The molecule has 2 aromatic carbocycles. The summed E-state index contributed by atoms with van der Waals surface area (Å²) in [6, 6.07) is 17.0. The molecule has 0 N–H and O–H groups in total. The summed E-state index contributed by atoms with van der Waals surface area (Å²) in [5.74, 6) is -0.675. The topological polar surface area (TPSA) is 84.2 Å². The van der Waals surface area contributed by atoms with Crippen LogP contribution in [0.1, 0.15) is 35.9 Å². The van der Waals surface area contributed by atoms with Crippen LogP contribution in [0.15, 0.2) is 73.1 Å². The summed E-state index contributed by atoms with van der Waals surface area (Å²) < 4.78 is 14.8. The van der Waals surface area contributed by atoms with Crippen LogP contribution in [0.5, 0.6) is 0 Å². The molecule has 2 amide bonds. The molecule has 2 atom stereocenters. The molecule has 176 valence electrons. The number of nitrogens with zero attached hydrogens (tertiary/aromatic N) is 6. The third kappa shape index (κ3) is 3.63. The average Bonchev–Trinajstić information content (AvgIpc) is 3.33. The molecule has 0 unspecified atom stereocenters. The maximum absolute atomic E-state index is 13.5. The molecule has 4 heterocycles. The van der Waals surface area contributed by atoms with Crippen LogP contribution >= 0.6 is 0 Å². The fourth-order valence-corrected chi connectivity index (χ4v) is 5.30. The normalized spacial score (nSPS) is 20.8. The molecular formula is C26H23FN6O2. The number of aromatic nitrogens is 4. The molecule has 2 fully saturated rings. The molecule has 0 aliphatic carbocycles. The number of carbonyl (C=O) groups excluding carboxylic acids is 2. The lowest BCUT2D eigenvalue weighted by molar-refractivity contribution is -0.156. The van der Waals surface area contributed by atoms with E-state index in [1.165, 1.54) is 16.8 Å². The van der Waals surface area contributed by atoms with Gasteiger partial charge in [0, 0.05) is 31.5 Å². The van der Waals surface area contributed by atoms with Gasteiger partial charge in [0.2, 0.25) is 5.91 Å². The summed E-state index contributed by atoms with van der Waals surface area (Å²) in [5.41, 5.74) is 3.10. The van der Waals surface area contributed by atoms with Gasteiger partial charge in [0.25, 0.3) is 0 Å².